The van der Waals surface area contributed by atoms with Crippen LogP contribution in [0.4, 0.5) is 5.82 Å². The summed E-state index contributed by atoms with van der Waals surface area (Å²) in [5, 5.41) is 6.77. The van der Waals surface area contributed by atoms with Crippen molar-refractivity contribution in [3.8, 4) is 0 Å². The lowest BCUT2D eigenvalue weighted by atomic mass is 10.1. The van der Waals surface area contributed by atoms with E-state index in [-0.39, 0.29) is 0 Å². The van der Waals surface area contributed by atoms with Crippen molar-refractivity contribution >= 4 is 11.8 Å². The second kappa shape index (κ2) is 9.22. The predicted octanol–water partition coefficient (Wildman–Crippen LogP) is 3.25. The molecule has 5 heteroatoms. The van der Waals surface area contributed by atoms with E-state index in [1.807, 2.05) is 6.20 Å². The van der Waals surface area contributed by atoms with Crippen LogP contribution in [0.1, 0.15) is 36.0 Å². The number of pyridine rings is 1. The second-order valence-corrected chi connectivity index (χ2v) is 6.84. The monoisotopic (exact) mass is 351 g/mol. The van der Waals surface area contributed by atoms with E-state index in [4.69, 9.17) is 0 Å². The maximum Gasteiger partial charge on any atom is 0.191 e. The largest absolute Gasteiger partial charge is 0.357 e. The van der Waals surface area contributed by atoms with Crippen LogP contribution in [0.2, 0.25) is 0 Å². The third-order valence-electron chi connectivity index (χ3n) is 4.72. The highest BCUT2D eigenvalue weighted by molar-refractivity contribution is 5.79. The van der Waals surface area contributed by atoms with Gasteiger partial charge in [-0.2, -0.15) is 0 Å². The summed E-state index contributed by atoms with van der Waals surface area (Å²) in [5.41, 5.74) is 3.75. The molecule has 3 rings (SSSR count). The Balaban J connectivity index is 1.53. The molecule has 1 aliphatic heterocycles. The van der Waals surface area contributed by atoms with Crippen molar-refractivity contribution in [2.24, 2.45) is 4.99 Å². The number of aryl methyl sites for hydroxylation is 1. The number of anilines is 1. The first-order valence-electron chi connectivity index (χ1n) is 9.44. The molecule has 2 N–H and O–H groups in total. The van der Waals surface area contributed by atoms with Gasteiger partial charge in [-0.15, -0.1) is 0 Å². The molecule has 0 atom stereocenters. The first kappa shape index (κ1) is 18.2. The van der Waals surface area contributed by atoms with Crippen LogP contribution in [0.5, 0.6) is 0 Å². The minimum atomic E-state index is 0.733. The quantitative estimate of drug-likeness (QED) is 0.641. The summed E-state index contributed by atoms with van der Waals surface area (Å²) >= 11 is 0. The molecule has 0 amide bonds. The van der Waals surface area contributed by atoms with E-state index in [1.54, 1.807) is 7.05 Å². The van der Waals surface area contributed by atoms with Crippen LogP contribution in [0.15, 0.2) is 47.6 Å². The fourth-order valence-corrected chi connectivity index (χ4v) is 3.28. The molecule has 26 heavy (non-hydrogen) atoms. The van der Waals surface area contributed by atoms with E-state index in [0.29, 0.717) is 0 Å². The SMILES string of the molecule is CN=C(NCc1cccc(C)c1)NCc1ccnc(N2CCCCC2)c1. The molecular formula is C21H29N5. The average molecular weight is 351 g/mol. The maximum atomic E-state index is 4.55. The molecule has 5 nitrogen and oxygen atoms in total. The molecule has 1 saturated heterocycles. The molecular weight excluding hydrogens is 322 g/mol. The molecule has 1 aromatic carbocycles. The number of nitrogens with one attached hydrogen (secondary N) is 2. The Labute approximate surface area is 156 Å². The topological polar surface area (TPSA) is 52.6 Å². The van der Waals surface area contributed by atoms with E-state index >= 15 is 0 Å². The van der Waals surface area contributed by atoms with Gasteiger partial charge in [0.25, 0.3) is 0 Å². The molecule has 2 heterocycles. The van der Waals surface area contributed by atoms with Gasteiger partial charge < -0.3 is 15.5 Å². The highest BCUT2D eigenvalue weighted by Crippen LogP contribution is 2.18. The third-order valence-corrected chi connectivity index (χ3v) is 4.72. The summed E-state index contributed by atoms with van der Waals surface area (Å²) in [6, 6.07) is 12.8. The standard InChI is InChI=1S/C21H29N5/c1-17-7-6-8-18(13-17)15-24-21(22-2)25-16-19-9-10-23-20(14-19)26-11-4-3-5-12-26/h6-10,13-14H,3-5,11-12,15-16H2,1-2H3,(H2,22,24,25). The zero-order chi connectivity index (χ0) is 18.2. The minimum absolute atomic E-state index is 0.733. The number of aliphatic imine (C=N–C) groups is 1. The normalized spacial score (nSPS) is 15.0. The lowest BCUT2D eigenvalue weighted by Crippen LogP contribution is -2.36. The van der Waals surface area contributed by atoms with Crippen molar-refractivity contribution in [3.63, 3.8) is 0 Å². The molecule has 1 aromatic heterocycles. The molecule has 0 radical (unpaired) electrons. The molecule has 1 fully saturated rings. The summed E-state index contributed by atoms with van der Waals surface area (Å²) in [6.45, 7) is 5.83. The summed E-state index contributed by atoms with van der Waals surface area (Å²) in [6.07, 6.45) is 5.77. The molecule has 0 unspecified atom stereocenters. The van der Waals surface area contributed by atoms with Gasteiger partial charge in [-0.1, -0.05) is 29.8 Å². The van der Waals surface area contributed by atoms with Crippen LogP contribution in [0.3, 0.4) is 0 Å². The van der Waals surface area contributed by atoms with Crippen molar-refractivity contribution in [2.45, 2.75) is 39.3 Å². The molecule has 2 aromatic rings. The number of aromatic nitrogens is 1. The summed E-state index contributed by atoms with van der Waals surface area (Å²) in [4.78, 5) is 11.3. The number of rotatable bonds is 5. The molecule has 0 saturated carbocycles. The first-order chi connectivity index (χ1) is 12.7. The van der Waals surface area contributed by atoms with Gasteiger partial charge in [0.15, 0.2) is 5.96 Å². The number of nitrogens with zero attached hydrogens (tertiary/aromatic N) is 3. The van der Waals surface area contributed by atoms with Gasteiger partial charge in [-0.25, -0.2) is 4.98 Å². The van der Waals surface area contributed by atoms with Crippen molar-refractivity contribution in [3.05, 3.63) is 59.3 Å². The zero-order valence-electron chi connectivity index (χ0n) is 15.8. The van der Waals surface area contributed by atoms with Crippen LogP contribution >= 0.6 is 0 Å². The molecule has 138 valence electrons. The summed E-state index contributed by atoms with van der Waals surface area (Å²) in [5.74, 6) is 1.90. The van der Waals surface area contributed by atoms with E-state index in [2.05, 4.69) is 68.8 Å². The summed E-state index contributed by atoms with van der Waals surface area (Å²) < 4.78 is 0. The fourth-order valence-electron chi connectivity index (χ4n) is 3.28. The van der Waals surface area contributed by atoms with Crippen LogP contribution in [-0.4, -0.2) is 31.1 Å². The lowest BCUT2D eigenvalue weighted by Gasteiger charge is -2.28. The van der Waals surface area contributed by atoms with Gasteiger partial charge in [0.05, 0.1) is 0 Å². The van der Waals surface area contributed by atoms with E-state index in [1.165, 1.54) is 36.0 Å². The van der Waals surface area contributed by atoms with Crippen LogP contribution in [0, 0.1) is 6.92 Å². The van der Waals surface area contributed by atoms with Crippen molar-refractivity contribution < 1.29 is 0 Å². The van der Waals surface area contributed by atoms with Crippen molar-refractivity contribution in [1.29, 1.82) is 0 Å². The number of benzene rings is 1. The van der Waals surface area contributed by atoms with Gasteiger partial charge >= 0.3 is 0 Å². The lowest BCUT2D eigenvalue weighted by molar-refractivity contribution is 0.573. The van der Waals surface area contributed by atoms with E-state index < -0.39 is 0 Å². The van der Waals surface area contributed by atoms with Gasteiger partial charge in [0.2, 0.25) is 0 Å². The average Bonchev–Trinajstić information content (AvgIpc) is 2.69. The minimum Gasteiger partial charge on any atom is -0.357 e. The van der Waals surface area contributed by atoms with Crippen LogP contribution in [-0.2, 0) is 13.1 Å². The van der Waals surface area contributed by atoms with Crippen molar-refractivity contribution in [2.75, 3.05) is 25.0 Å². The third kappa shape index (κ3) is 5.22. The number of guanidine groups is 1. The first-order valence-corrected chi connectivity index (χ1v) is 9.44. The molecule has 1 aliphatic rings. The summed E-state index contributed by atoms with van der Waals surface area (Å²) in [7, 11) is 1.80. The maximum absolute atomic E-state index is 4.55. The second-order valence-electron chi connectivity index (χ2n) is 6.84. The fraction of sp³-hybridized carbons (Fsp3) is 0.429. The Morgan fingerprint density at radius 1 is 1.04 bits per heavy atom. The predicted molar refractivity (Wildman–Crippen MR) is 109 cm³/mol. The smallest absolute Gasteiger partial charge is 0.191 e. The highest BCUT2D eigenvalue weighted by Gasteiger charge is 2.12. The highest BCUT2D eigenvalue weighted by atomic mass is 15.2. The Kier molecular flexibility index (Phi) is 6.47. The Bertz CT molecular complexity index is 735. The number of hydrogen-bond donors (Lipinski definition) is 2. The Hall–Kier alpha value is -2.56. The number of piperidine rings is 1. The molecule has 0 aliphatic carbocycles. The van der Waals surface area contributed by atoms with Gasteiger partial charge in [0, 0.05) is 39.4 Å². The van der Waals surface area contributed by atoms with Gasteiger partial charge in [-0.05, 0) is 49.4 Å². The van der Waals surface area contributed by atoms with Crippen molar-refractivity contribution in [1.82, 2.24) is 15.6 Å². The zero-order valence-corrected chi connectivity index (χ0v) is 15.8. The Morgan fingerprint density at radius 3 is 2.46 bits per heavy atom. The Morgan fingerprint density at radius 2 is 1.77 bits per heavy atom. The van der Waals surface area contributed by atoms with Crippen LogP contribution in [0.25, 0.3) is 0 Å². The van der Waals surface area contributed by atoms with E-state index in [9.17, 15) is 0 Å². The van der Waals surface area contributed by atoms with Gasteiger partial charge in [-0.3, -0.25) is 4.99 Å². The molecule has 0 bridgehead atoms. The number of hydrogen-bond acceptors (Lipinski definition) is 3. The molecule has 0 spiro atoms. The van der Waals surface area contributed by atoms with E-state index in [0.717, 1.165) is 38.0 Å². The van der Waals surface area contributed by atoms with Crippen LogP contribution < -0.4 is 15.5 Å². The van der Waals surface area contributed by atoms with Gasteiger partial charge in [0.1, 0.15) is 5.82 Å².